The topological polar surface area (TPSA) is 36.7 Å². The van der Waals surface area contributed by atoms with Gasteiger partial charge in [-0.1, -0.05) is 23.8 Å². The molecule has 0 saturated heterocycles. The Kier molecular flexibility index (Phi) is 3.23. The summed E-state index contributed by atoms with van der Waals surface area (Å²) in [7, 11) is 0. The third kappa shape index (κ3) is 2.30. The summed E-state index contributed by atoms with van der Waals surface area (Å²) in [6, 6.07) is 10.6. The molecular weight excluding hydrogens is 240 g/mol. The number of nitrogens with zero attached hydrogens (tertiary/aromatic N) is 2. The fourth-order valence-electron chi connectivity index (χ4n) is 1.93. The average Bonchev–Trinajstić information content (AvgIpc) is 2.72. The first-order valence-corrected chi connectivity index (χ1v) is 6.72. The van der Waals surface area contributed by atoms with Gasteiger partial charge in [0.1, 0.15) is 5.01 Å². The maximum atomic E-state index is 9.22. The Balaban J connectivity index is 2.51. The summed E-state index contributed by atoms with van der Waals surface area (Å²) in [5, 5.41) is 10.2. The third-order valence-electron chi connectivity index (χ3n) is 2.91. The zero-order valence-electron chi connectivity index (χ0n) is 11.1. The van der Waals surface area contributed by atoms with Gasteiger partial charge in [0, 0.05) is 10.4 Å². The van der Waals surface area contributed by atoms with Crippen molar-refractivity contribution >= 4 is 11.3 Å². The van der Waals surface area contributed by atoms with Crippen molar-refractivity contribution in [2.24, 2.45) is 0 Å². The van der Waals surface area contributed by atoms with E-state index in [4.69, 9.17) is 0 Å². The Morgan fingerprint density at radius 1 is 1.28 bits per heavy atom. The molecule has 2 aromatic rings. The minimum absolute atomic E-state index is 0.468. The molecule has 2 rings (SSSR count). The molecule has 2 nitrogen and oxygen atoms in total. The SMILES string of the molecule is Cc1cccc(-c2nc(C)c(C(C)(C)C#N)s2)c1. The van der Waals surface area contributed by atoms with Crippen LogP contribution >= 0.6 is 11.3 Å². The predicted molar refractivity (Wildman–Crippen MR) is 75.7 cm³/mol. The first-order valence-electron chi connectivity index (χ1n) is 5.90. The zero-order chi connectivity index (χ0) is 13.3. The van der Waals surface area contributed by atoms with Gasteiger partial charge in [-0.15, -0.1) is 11.3 Å². The number of benzene rings is 1. The van der Waals surface area contributed by atoms with E-state index in [9.17, 15) is 5.26 Å². The molecule has 0 amide bonds. The lowest BCUT2D eigenvalue weighted by Gasteiger charge is -2.12. The van der Waals surface area contributed by atoms with Gasteiger partial charge in [0.15, 0.2) is 0 Å². The van der Waals surface area contributed by atoms with E-state index in [1.54, 1.807) is 11.3 Å². The zero-order valence-corrected chi connectivity index (χ0v) is 11.9. The first kappa shape index (κ1) is 12.8. The van der Waals surface area contributed by atoms with E-state index in [1.165, 1.54) is 5.56 Å². The monoisotopic (exact) mass is 256 g/mol. The molecule has 0 spiro atoms. The molecule has 0 aliphatic heterocycles. The van der Waals surface area contributed by atoms with Crippen LogP contribution < -0.4 is 0 Å². The molecule has 0 aliphatic carbocycles. The highest BCUT2D eigenvalue weighted by molar-refractivity contribution is 7.15. The highest BCUT2D eigenvalue weighted by Gasteiger charge is 2.26. The average molecular weight is 256 g/mol. The molecule has 0 radical (unpaired) electrons. The lowest BCUT2D eigenvalue weighted by atomic mass is 9.93. The minimum atomic E-state index is -0.468. The molecule has 0 bridgehead atoms. The molecule has 0 N–H and O–H groups in total. The minimum Gasteiger partial charge on any atom is -0.241 e. The molecule has 0 fully saturated rings. The van der Waals surface area contributed by atoms with Gasteiger partial charge < -0.3 is 0 Å². The molecule has 0 saturated carbocycles. The van der Waals surface area contributed by atoms with Crippen molar-refractivity contribution < 1.29 is 0 Å². The second-order valence-electron chi connectivity index (χ2n) is 5.04. The molecule has 0 aliphatic rings. The van der Waals surface area contributed by atoms with Crippen LogP contribution in [-0.2, 0) is 5.41 Å². The maximum Gasteiger partial charge on any atom is 0.123 e. The van der Waals surface area contributed by atoms with E-state index < -0.39 is 5.41 Å². The highest BCUT2D eigenvalue weighted by Crippen LogP contribution is 2.35. The van der Waals surface area contributed by atoms with Crippen LogP contribution in [-0.4, -0.2) is 4.98 Å². The van der Waals surface area contributed by atoms with Crippen LogP contribution in [0.25, 0.3) is 10.6 Å². The summed E-state index contributed by atoms with van der Waals surface area (Å²) in [6.45, 7) is 7.93. The molecule has 1 heterocycles. The lowest BCUT2D eigenvalue weighted by molar-refractivity contribution is 0.695. The van der Waals surface area contributed by atoms with Gasteiger partial charge in [0.25, 0.3) is 0 Å². The lowest BCUT2D eigenvalue weighted by Crippen LogP contribution is -2.13. The Labute approximate surface area is 112 Å². The Morgan fingerprint density at radius 2 is 2.00 bits per heavy atom. The second kappa shape index (κ2) is 4.55. The van der Waals surface area contributed by atoms with Crippen LogP contribution in [0.2, 0.25) is 0 Å². The molecule has 0 atom stereocenters. The summed E-state index contributed by atoms with van der Waals surface area (Å²) in [6.07, 6.45) is 0. The molecule has 92 valence electrons. The summed E-state index contributed by atoms with van der Waals surface area (Å²) >= 11 is 1.62. The summed E-state index contributed by atoms with van der Waals surface area (Å²) < 4.78 is 0. The standard InChI is InChI=1S/C15H16N2S/c1-10-6-5-7-12(8-10)14-17-11(2)13(18-14)15(3,4)9-16/h5-8H,1-4H3. The van der Waals surface area contributed by atoms with Gasteiger partial charge >= 0.3 is 0 Å². The molecular formula is C15H16N2S. The number of thiazole rings is 1. The van der Waals surface area contributed by atoms with E-state index in [0.29, 0.717) is 0 Å². The Hall–Kier alpha value is -1.66. The van der Waals surface area contributed by atoms with Crippen LogP contribution in [0.4, 0.5) is 0 Å². The van der Waals surface area contributed by atoms with Gasteiger partial charge in [0.05, 0.1) is 17.2 Å². The van der Waals surface area contributed by atoms with E-state index in [2.05, 4.69) is 36.2 Å². The summed E-state index contributed by atoms with van der Waals surface area (Å²) in [5.74, 6) is 0. The maximum absolute atomic E-state index is 9.22. The summed E-state index contributed by atoms with van der Waals surface area (Å²) in [4.78, 5) is 5.66. The van der Waals surface area contributed by atoms with Gasteiger partial charge in [0.2, 0.25) is 0 Å². The fraction of sp³-hybridized carbons (Fsp3) is 0.333. The number of hydrogen-bond acceptors (Lipinski definition) is 3. The van der Waals surface area contributed by atoms with Crippen molar-refractivity contribution in [2.75, 3.05) is 0 Å². The van der Waals surface area contributed by atoms with E-state index in [-0.39, 0.29) is 0 Å². The van der Waals surface area contributed by atoms with Crippen LogP contribution in [0, 0.1) is 25.2 Å². The Bertz CT molecular complexity index is 618. The summed E-state index contributed by atoms with van der Waals surface area (Å²) in [5.41, 5.74) is 2.84. The smallest absolute Gasteiger partial charge is 0.123 e. The number of rotatable bonds is 2. The highest BCUT2D eigenvalue weighted by atomic mass is 32.1. The van der Waals surface area contributed by atoms with Crippen LogP contribution in [0.1, 0.15) is 30.0 Å². The van der Waals surface area contributed by atoms with Crippen LogP contribution in [0.5, 0.6) is 0 Å². The third-order valence-corrected chi connectivity index (χ3v) is 4.44. The van der Waals surface area contributed by atoms with Gasteiger partial charge in [-0.3, -0.25) is 0 Å². The number of hydrogen-bond donors (Lipinski definition) is 0. The van der Waals surface area contributed by atoms with Crippen molar-refractivity contribution in [1.82, 2.24) is 4.98 Å². The number of nitriles is 1. The van der Waals surface area contributed by atoms with Crippen molar-refractivity contribution in [3.63, 3.8) is 0 Å². The molecule has 1 aromatic carbocycles. The molecule has 18 heavy (non-hydrogen) atoms. The van der Waals surface area contributed by atoms with Crippen molar-refractivity contribution in [1.29, 1.82) is 5.26 Å². The van der Waals surface area contributed by atoms with Gasteiger partial charge in [-0.2, -0.15) is 5.26 Å². The fourth-order valence-corrected chi connectivity index (χ4v) is 3.04. The van der Waals surface area contributed by atoms with Crippen LogP contribution in [0.15, 0.2) is 24.3 Å². The van der Waals surface area contributed by atoms with Crippen LogP contribution in [0.3, 0.4) is 0 Å². The van der Waals surface area contributed by atoms with E-state index >= 15 is 0 Å². The molecule has 3 heteroatoms. The Morgan fingerprint density at radius 3 is 2.61 bits per heavy atom. The molecule has 1 aromatic heterocycles. The van der Waals surface area contributed by atoms with Crippen molar-refractivity contribution in [3.8, 4) is 16.6 Å². The largest absolute Gasteiger partial charge is 0.241 e. The molecule has 0 unspecified atom stereocenters. The van der Waals surface area contributed by atoms with Gasteiger partial charge in [-0.05, 0) is 33.8 Å². The van der Waals surface area contributed by atoms with E-state index in [0.717, 1.165) is 21.1 Å². The predicted octanol–water partition coefficient (Wildman–Crippen LogP) is 4.23. The quantitative estimate of drug-likeness (QED) is 0.806. The second-order valence-corrected chi connectivity index (χ2v) is 6.04. The normalized spacial score (nSPS) is 11.3. The van der Waals surface area contributed by atoms with Crippen molar-refractivity contribution in [2.45, 2.75) is 33.1 Å². The van der Waals surface area contributed by atoms with E-state index in [1.807, 2.05) is 26.8 Å². The number of aromatic nitrogens is 1. The van der Waals surface area contributed by atoms with Crippen molar-refractivity contribution in [3.05, 3.63) is 40.4 Å². The first-order chi connectivity index (χ1) is 8.44. The number of aryl methyl sites for hydroxylation is 2. The van der Waals surface area contributed by atoms with Gasteiger partial charge in [-0.25, -0.2) is 4.98 Å².